The average molecular weight is 171 g/mol. The topological polar surface area (TPSA) is 4.93 Å². The number of fused-ring (bicyclic) bond motifs is 3. The monoisotopic (exact) mass is 171 g/mol. The van der Waals surface area contributed by atoms with Gasteiger partial charge in [-0.3, -0.25) is 0 Å². The normalized spacial score (nSPS) is 15.2. The summed E-state index contributed by atoms with van der Waals surface area (Å²) in [7, 11) is 2.19. The van der Waals surface area contributed by atoms with E-state index in [4.69, 9.17) is 0 Å². The number of hydrogen-bond donors (Lipinski definition) is 0. The van der Waals surface area contributed by atoms with Crippen LogP contribution < -0.4 is 0 Å². The molecule has 1 aliphatic carbocycles. The maximum absolute atomic E-state index is 2.36. The number of aromatic nitrogens is 1. The fourth-order valence-electron chi connectivity index (χ4n) is 2.55. The zero-order valence-electron chi connectivity index (χ0n) is 7.88. The van der Waals surface area contributed by atoms with Gasteiger partial charge in [0.25, 0.3) is 0 Å². The Morgan fingerprint density at radius 2 is 2.00 bits per heavy atom. The molecule has 0 aliphatic heterocycles. The van der Waals surface area contributed by atoms with E-state index in [1.807, 2.05) is 0 Å². The first-order chi connectivity index (χ1) is 6.38. The standard InChI is InChI=1S/C12H13N/c1-13-11-7-3-2-5-9(11)10-6-4-8-12(10)13/h2-3,5,7H,4,6,8H2,1H3. The second-order valence-corrected chi connectivity index (χ2v) is 3.85. The molecule has 13 heavy (non-hydrogen) atoms. The van der Waals surface area contributed by atoms with Gasteiger partial charge in [-0.15, -0.1) is 0 Å². The minimum absolute atomic E-state index is 1.26. The van der Waals surface area contributed by atoms with Crippen LogP contribution in [-0.2, 0) is 19.9 Å². The van der Waals surface area contributed by atoms with Gasteiger partial charge < -0.3 is 4.57 Å². The summed E-state index contributed by atoms with van der Waals surface area (Å²) in [5.74, 6) is 0. The van der Waals surface area contributed by atoms with E-state index in [0.717, 1.165) is 0 Å². The fraction of sp³-hybridized carbons (Fsp3) is 0.333. The van der Waals surface area contributed by atoms with Gasteiger partial charge in [0.05, 0.1) is 0 Å². The molecule has 1 heterocycles. The number of benzene rings is 1. The third kappa shape index (κ3) is 0.819. The Morgan fingerprint density at radius 1 is 1.15 bits per heavy atom. The number of nitrogens with zero attached hydrogens (tertiary/aromatic N) is 1. The number of para-hydroxylation sites is 1. The smallest absolute Gasteiger partial charge is 0.0482 e. The largest absolute Gasteiger partial charge is 0.347 e. The lowest BCUT2D eigenvalue weighted by atomic mass is 10.1. The highest BCUT2D eigenvalue weighted by Gasteiger charge is 2.18. The zero-order valence-corrected chi connectivity index (χ0v) is 7.88. The molecule has 3 rings (SSSR count). The van der Waals surface area contributed by atoms with Crippen LogP contribution in [0.4, 0.5) is 0 Å². The van der Waals surface area contributed by atoms with Crippen molar-refractivity contribution in [2.24, 2.45) is 7.05 Å². The number of rotatable bonds is 0. The van der Waals surface area contributed by atoms with E-state index in [1.54, 1.807) is 11.3 Å². The molecule has 2 aromatic rings. The lowest BCUT2D eigenvalue weighted by Crippen LogP contribution is -1.92. The van der Waals surface area contributed by atoms with E-state index in [0.29, 0.717) is 0 Å². The van der Waals surface area contributed by atoms with Crippen LogP contribution in [-0.4, -0.2) is 4.57 Å². The van der Waals surface area contributed by atoms with Crippen LogP contribution in [0.2, 0.25) is 0 Å². The van der Waals surface area contributed by atoms with Crippen LogP contribution in [0.15, 0.2) is 24.3 Å². The highest BCUT2D eigenvalue weighted by atomic mass is 15.0. The first-order valence-corrected chi connectivity index (χ1v) is 4.93. The van der Waals surface area contributed by atoms with Crippen molar-refractivity contribution in [1.82, 2.24) is 4.57 Å². The zero-order chi connectivity index (χ0) is 8.84. The molecule has 1 aromatic heterocycles. The van der Waals surface area contributed by atoms with Gasteiger partial charge in [0.15, 0.2) is 0 Å². The molecule has 0 bridgehead atoms. The van der Waals surface area contributed by atoms with Crippen molar-refractivity contribution in [3.63, 3.8) is 0 Å². The number of hydrogen-bond acceptors (Lipinski definition) is 0. The Morgan fingerprint density at radius 3 is 2.92 bits per heavy atom. The quantitative estimate of drug-likeness (QED) is 0.574. The molecule has 0 amide bonds. The molecule has 0 radical (unpaired) electrons. The van der Waals surface area contributed by atoms with E-state index in [9.17, 15) is 0 Å². The van der Waals surface area contributed by atoms with Crippen LogP contribution in [0.1, 0.15) is 17.7 Å². The Balaban J connectivity index is 2.49. The first-order valence-electron chi connectivity index (χ1n) is 4.93. The molecule has 0 atom stereocenters. The lowest BCUT2D eigenvalue weighted by Gasteiger charge is -1.99. The number of aryl methyl sites for hydroxylation is 2. The maximum Gasteiger partial charge on any atom is 0.0482 e. The molecular weight excluding hydrogens is 158 g/mol. The van der Waals surface area contributed by atoms with Gasteiger partial charge in [-0.25, -0.2) is 0 Å². The second kappa shape index (κ2) is 2.38. The predicted molar refractivity (Wildman–Crippen MR) is 54.9 cm³/mol. The molecule has 0 fully saturated rings. The van der Waals surface area contributed by atoms with Crippen molar-refractivity contribution >= 4 is 10.9 Å². The van der Waals surface area contributed by atoms with Gasteiger partial charge in [0.1, 0.15) is 0 Å². The highest BCUT2D eigenvalue weighted by Crippen LogP contribution is 2.31. The van der Waals surface area contributed by atoms with Crippen molar-refractivity contribution in [1.29, 1.82) is 0 Å². The summed E-state index contributed by atoms with van der Waals surface area (Å²) >= 11 is 0. The fourth-order valence-corrected chi connectivity index (χ4v) is 2.55. The van der Waals surface area contributed by atoms with Gasteiger partial charge in [0, 0.05) is 23.6 Å². The van der Waals surface area contributed by atoms with Crippen molar-refractivity contribution in [2.45, 2.75) is 19.3 Å². The molecular formula is C12H13N. The SMILES string of the molecule is Cn1c2c(c3ccccc31)CCC2. The van der Waals surface area contributed by atoms with Crippen LogP contribution in [0, 0.1) is 0 Å². The minimum atomic E-state index is 1.26. The minimum Gasteiger partial charge on any atom is -0.347 e. The third-order valence-corrected chi connectivity index (χ3v) is 3.18. The van der Waals surface area contributed by atoms with Gasteiger partial charge in [-0.05, 0) is 30.9 Å². The molecule has 66 valence electrons. The van der Waals surface area contributed by atoms with E-state index in [-0.39, 0.29) is 0 Å². The maximum atomic E-state index is 2.36. The first kappa shape index (κ1) is 7.19. The summed E-state index contributed by atoms with van der Waals surface area (Å²) in [6.45, 7) is 0. The Bertz CT molecular complexity index is 465. The summed E-state index contributed by atoms with van der Waals surface area (Å²) in [6, 6.07) is 8.73. The molecule has 1 aromatic carbocycles. The van der Waals surface area contributed by atoms with Gasteiger partial charge in [-0.2, -0.15) is 0 Å². The lowest BCUT2D eigenvalue weighted by molar-refractivity contribution is 0.831. The Labute approximate surface area is 78.0 Å². The summed E-state index contributed by atoms with van der Waals surface area (Å²) in [5, 5.41) is 1.47. The molecule has 1 aliphatic rings. The van der Waals surface area contributed by atoms with E-state index in [1.165, 1.54) is 30.2 Å². The van der Waals surface area contributed by atoms with Crippen LogP contribution in [0.3, 0.4) is 0 Å². The molecule has 0 spiro atoms. The summed E-state index contributed by atoms with van der Waals surface area (Å²) in [5.41, 5.74) is 4.55. The van der Waals surface area contributed by atoms with E-state index >= 15 is 0 Å². The highest BCUT2D eigenvalue weighted by molar-refractivity contribution is 5.86. The van der Waals surface area contributed by atoms with Gasteiger partial charge in [-0.1, -0.05) is 18.2 Å². The van der Waals surface area contributed by atoms with Crippen LogP contribution in [0.25, 0.3) is 10.9 Å². The van der Waals surface area contributed by atoms with Gasteiger partial charge >= 0.3 is 0 Å². The third-order valence-electron chi connectivity index (χ3n) is 3.18. The summed E-state index contributed by atoms with van der Waals surface area (Å²) in [4.78, 5) is 0. The molecule has 0 saturated carbocycles. The van der Waals surface area contributed by atoms with Crippen LogP contribution >= 0.6 is 0 Å². The molecule has 0 saturated heterocycles. The summed E-state index contributed by atoms with van der Waals surface area (Å²) < 4.78 is 2.36. The van der Waals surface area contributed by atoms with Crippen molar-refractivity contribution in [3.8, 4) is 0 Å². The van der Waals surface area contributed by atoms with Crippen molar-refractivity contribution in [3.05, 3.63) is 35.5 Å². The van der Waals surface area contributed by atoms with E-state index in [2.05, 4.69) is 35.9 Å². The molecule has 1 nitrogen and oxygen atoms in total. The van der Waals surface area contributed by atoms with Crippen molar-refractivity contribution in [2.75, 3.05) is 0 Å². The summed E-state index contributed by atoms with van der Waals surface area (Å²) in [6.07, 6.45) is 3.88. The molecule has 1 heteroatoms. The average Bonchev–Trinajstić information content (AvgIpc) is 2.72. The molecule has 0 N–H and O–H groups in total. The Hall–Kier alpha value is -1.24. The van der Waals surface area contributed by atoms with Crippen LogP contribution in [0.5, 0.6) is 0 Å². The molecule has 0 unspecified atom stereocenters. The predicted octanol–water partition coefficient (Wildman–Crippen LogP) is 2.67. The Kier molecular flexibility index (Phi) is 1.32. The van der Waals surface area contributed by atoms with Crippen molar-refractivity contribution < 1.29 is 0 Å². The van der Waals surface area contributed by atoms with Gasteiger partial charge in [0.2, 0.25) is 0 Å². The second-order valence-electron chi connectivity index (χ2n) is 3.85. The van der Waals surface area contributed by atoms with E-state index < -0.39 is 0 Å².